The number of hydrogen-bond donors (Lipinski definition) is 2. The molecule has 0 heterocycles. The monoisotopic (exact) mass is 398 g/mol. The maximum Gasteiger partial charge on any atom is 0.294 e. The summed E-state index contributed by atoms with van der Waals surface area (Å²) < 4.78 is 38.2. The lowest BCUT2D eigenvalue weighted by Gasteiger charge is -2.13. The van der Waals surface area contributed by atoms with E-state index >= 15 is 0 Å². The maximum absolute atomic E-state index is 12.7. The average Bonchev–Trinajstić information content (AvgIpc) is 2.67. The summed E-state index contributed by atoms with van der Waals surface area (Å²) >= 11 is 0. The normalized spacial score (nSPS) is 11.2. The van der Waals surface area contributed by atoms with Crippen LogP contribution in [0.1, 0.15) is 27.0 Å². The molecule has 2 N–H and O–H groups in total. The van der Waals surface area contributed by atoms with E-state index < -0.39 is 26.5 Å². The maximum atomic E-state index is 12.7. The van der Waals surface area contributed by atoms with Crippen LogP contribution < -0.4 is 4.74 Å². The van der Waals surface area contributed by atoms with Gasteiger partial charge in [0.25, 0.3) is 10.1 Å². The highest BCUT2D eigenvalue weighted by Gasteiger charge is 2.23. The summed E-state index contributed by atoms with van der Waals surface area (Å²) in [6.45, 7) is 1.98. The minimum absolute atomic E-state index is 0.0434. The topological polar surface area (TPSA) is 101 Å². The minimum atomic E-state index is -4.61. The fourth-order valence-corrected chi connectivity index (χ4v) is 3.13. The zero-order valence-corrected chi connectivity index (χ0v) is 15.8. The molecule has 0 spiro atoms. The number of phenolic OH excluding ortho intramolecular Hbond substituents is 1. The summed E-state index contributed by atoms with van der Waals surface area (Å²) in [5.41, 5.74) is 1.84. The fraction of sp³-hybridized carbons (Fsp3) is 0.0952. The first-order chi connectivity index (χ1) is 13.3. The van der Waals surface area contributed by atoms with Crippen molar-refractivity contribution in [1.82, 2.24) is 0 Å². The second kappa shape index (κ2) is 7.84. The number of hydrogen-bond acceptors (Lipinski definition) is 5. The number of ketones is 1. The summed E-state index contributed by atoms with van der Waals surface area (Å²) in [5.74, 6) is -1.30. The van der Waals surface area contributed by atoms with E-state index in [9.17, 15) is 22.9 Å². The number of rotatable bonds is 6. The molecule has 0 unspecified atom stereocenters. The highest BCUT2D eigenvalue weighted by molar-refractivity contribution is 7.85. The van der Waals surface area contributed by atoms with Crippen LogP contribution in [0.25, 0.3) is 0 Å². The van der Waals surface area contributed by atoms with Crippen LogP contribution in [0.5, 0.6) is 11.5 Å². The van der Waals surface area contributed by atoms with Gasteiger partial charge in [0.1, 0.15) is 6.61 Å². The van der Waals surface area contributed by atoms with E-state index in [-0.39, 0.29) is 23.5 Å². The van der Waals surface area contributed by atoms with E-state index in [2.05, 4.69) is 0 Å². The number of ether oxygens (including phenoxy) is 1. The third-order valence-corrected chi connectivity index (χ3v) is 4.97. The van der Waals surface area contributed by atoms with Crippen LogP contribution in [0.4, 0.5) is 0 Å². The molecule has 0 atom stereocenters. The molecule has 0 fully saturated rings. The van der Waals surface area contributed by atoms with Gasteiger partial charge in [0, 0.05) is 11.6 Å². The Hall–Kier alpha value is -3.16. The second-order valence-corrected chi connectivity index (χ2v) is 7.68. The van der Waals surface area contributed by atoms with Crippen molar-refractivity contribution in [3.8, 4) is 11.5 Å². The zero-order valence-electron chi connectivity index (χ0n) is 15.0. The van der Waals surface area contributed by atoms with Gasteiger partial charge in [-0.05, 0) is 18.6 Å². The number of phenols is 1. The molecule has 0 saturated carbocycles. The Labute approximate surface area is 162 Å². The predicted octanol–water partition coefficient (Wildman–Crippen LogP) is 3.76. The van der Waals surface area contributed by atoms with Gasteiger partial charge in [-0.3, -0.25) is 9.35 Å². The Morgan fingerprint density at radius 1 is 1.00 bits per heavy atom. The molecule has 0 aromatic heterocycles. The summed E-state index contributed by atoms with van der Waals surface area (Å²) in [4.78, 5) is 12.2. The van der Waals surface area contributed by atoms with Crippen molar-refractivity contribution in [2.45, 2.75) is 18.4 Å². The van der Waals surface area contributed by atoms with Gasteiger partial charge in [-0.15, -0.1) is 0 Å². The van der Waals surface area contributed by atoms with Crippen molar-refractivity contribution < 1.29 is 27.6 Å². The largest absolute Gasteiger partial charge is 0.504 e. The SMILES string of the molecule is Cc1ccc(COc2cc(S(=O)(=O)O)cc(C(=O)c3ccccc3)c2O)cc1. The summed E-state index contributed by atoms with van der Waals surface area (Å²) in [5, 5.41) is 10.5. The fourth-order valence-electron chi connectivity index (χ4n) is 2.61. The van der Waals surface area contributed by atoms with E-state index in [0.717, 1.165) is 23.3 Å². The first-order valence-electron chi connectivity index (χ1n) is 8.38. The van der Waals surface area contributed by atoms with Crippen LogP contribution in [-0.2, 0) is 16.7 Å². The Bertz CT molecular complexity index is 1100. The summed E-state index contributed by atoms with van der Waals surface area (Å²) in [7, 11) is -4.61. The van der Waals surface area contributed by atoms with E-state index in [1.807, 2.05) is 31.2 Å². The van der Waals surface area contributed by atoms with Crippen molar-refractivity contribution in [2.24, 2.45) is 0 Å². The molecule has 0 bridgehead atoms. The zero-order chi connectivity index (χ0) is 20.3. The van der Waals surface area contributed by atoms with Crippen LogP contribution in [0.3, 0.4) is 0 Å². The molecule has 3 aromatic rings. The van der Waals surface area contributed by atoms with Gasteiger partial charge in [0.15, 0.2) is 17.3 Å². The molecule has 0 aliphatic heterocycles. The quantitative estimate of drug-likeness (QED) is 0.484. The lowest BCUT2D eigenvalue weighted by Crippen LogP contribution is -2.07. The minimum Gasteiger partial charge on any atom is -0.504 e. The smallest absolute Gasteiger partial charge is 0.294 e. The molecule has 7 heteroatoms. The molecular formula is C21H18O6S. The first-order valence-corrected chi connectivity index (χ1v) is 9.82. The summed E-state index contributed by atoms with van der Waals surface area (Å²) in [6.07, 6.45) is 0. The lowest BCUT2D eigenvalue weighted by atomic mass is 10.0. The number of aromatic hydroxyl groups is 1. The van der Waals surface area contributed by atoms with E-state index in [4.69, 9.17) is 4.74 Å². The molecular weight excluding hydrogens is 380 g/mol. The van der Waals surface area contributed by atoms with Crippen molar-refractivity contribution in [3.05, 3.63) is 89.0 Å². The Morgan fingerprint density at radius 3 is 2.25 bits per heavy atom. The molecule has 3 rings (SSSR count). The standard InChI is InChI=1S/C21H18O6S/c1-14-7-9-15(10-8-14)13-27-19-12-17(28(24,25)26)11-18(21(19)23)20(22)16-5-3-2-4-6-16/h2-12,23H,13H2,1H3,(H,24,25,26). The van der Waals surface area contributed by atoms with Gasteiger partial charge in [-0.1, -0.05) is 60.2 Å². The Morgan fingerprint density at radius 2 is 1.64 bits per heavy atom. The van der Waals surface area contributed by atoms with E-state index in [1.54, 1.807) is 18.2 Å². The van der Waals surface area contributed by atoms with Crippen molar-refractivity contribution in [1.29, 1.82) is 0 Å². The molecule has 0 saturated heterocycles. The third-order valence-electron chi connectivity index (χ3n) is 4.14. The molecule has 0 aliphatic rings. The van der Waals surface area contributed by atoms with E-state index in [0.29, 0.717) is 0 Å². The van der Waals surface area contributed by atoms with Gasteiger partial charge >= 0.3 is 0 Å². The van der Waals surface area contributed by atoms with Crippen LogP contribution in [-0.4, -0.2) is 23.9 Å². The molecule has 0 radical (unpaired) electrons. The van der Waals surface area contributed by atoms with Crippen LogP contribution in [0, 0.1) is 6.92 Å². The number of benzene rings is 3. The number of aryl methyl sites for hydroxylation is 1. The molecule has 0 aliphatic carbocycles. The Balaban J connectivity index is 2.01. The molecule has 0 amide bonds. The van der Waals surface area contributed by atoms with Crippen LogP contribution >= 0.6 is 0 Å². The van der Waals surface area contributed by atoms with Crippen LogP contribution in [0.15, 0.2) is 71.6 Å². The van der Waals surface area contributed by atoms with Gasteiger partial charge < -0.3 is 9.84 Å². The Kier molecular flexibility index (Phi) is 5.48. The second-order valence-electron chi connectivity index (χ2n) is 6.26. The van der Waals surface area contributed by atoms with Gasteiger partial charge in [-0.2, -0.15) is 8.42 Å². The molecule has 28 heavy (non-hydrogen) atoms. The average molecular weight is 398 g/mol. The highest BCUT2D eigenvalue weighted by atomic mass is 32.2. The lowest BCUT2D eigenvalue weighted by molar-refractivity contribution is 0.103. The third kappa shape index (κ3) is 4.39. The van der Waals surface area contributed by atoms with Gasteiger partial charge in [-0.25, -0.2) is 0 Å². The van der Waals surface area contributed by atoms with Crippen molar-refractivity contribution in [3.63, 3.8) is 0 Å². The highest BCUT2D eigenvalue weighted by Crippen LogP contribution is 2.35. The van der Waals surface area contributed by atoms with Crippen molar-refractivity contribution >= 4 is 15.9 Å². The molecule has 6 nitrogen and oxygen atoms in total. The van der Waals surface area contributed by atoms with Crippen molar-refractivity contribution in [2.75, 3.05) is 0 Å². The van der Waals surface area contributed by atoms with Crippen LogP contribution in [0.2, 0.25) is 0 Å². The number of carbonyl (C=O) groups is 1. The van der Waals surface area contributed by atoms with E-state index in [1.165, 1.54) is 12.1 Å². The molecule has 3 aromatic carbocycles. The van der Waals surface area contributed by atoms with Gasteiger partial charge in [0.2, 0.25) is 0 Å². The van der Waals surface area contributed by atoms with Gasteiger partial charge in [0.05, 0.1) is 10.5 Å². The molecule has 144 valence electrons. The predicted molar refractivity (Wildman–Crippen MR) is 103 cm³/mol. The first kappa shape index (κ1) is 19.6. The number of carbonyl (C=O) groups excluding carboxylic acids is 1. The summed E-state index contributed by atoms with van der Waals surface area (Å²) in [6, 6.07) is 17.4.